The van der Waals surface area contributed by atoms with Crippen molar-refractivity contribution in [2.75, 3.05) is 0 Å². The number of furan rings is 1. The smallest absolute Gasteiger partial charge is 0.120 e. The van der Waals surface area contributed by atoms with Crippen molar-refractivity contribution in [1.29, 1.82) is 0 Å². The summed E-state index contributed by atoms with van der Waals surface area (Å²) in [5.74, 6) is 2.56. The van der Waals surface area contributed by atoms with Gasteiger partial charge < -0.3 is 10.2 Å². The van der Waals surface area contributed by atoms with Crippen molar-refractivity contribution in [2.45, 2.75) is 39.7 Å². The first kappa shape index (κ1) is 10.3. The van der Waals surface area contributed by atoms with E-state index in [2.05, 4.69) is 20.8 Å². The zero-order valence-corrected chi connectivity index (χ0v) is 8.71. The first-order valence-electron chi connectivity index (χ1n) is 4.97. The molecule has 2 N–H and O–H groups in total. The summed E-state index contributed by atoms with van der Waals surface area (Å²) < 4.78 is 5.57. The van der Waals surface area contributed by atoms with E-state index in [9.17, 15) is 0 Å². The number of nitrogens with two attached hydrogens (primary N) is 1. The third-order valence-electron chi connectivity index (χ3n) is 2.12. The van der Waals surface area contributed by atoms with Gasteiger partial charge in [0.15, 0.2) is 0 Å². The lowest BCUT2D eigenvalue weighted by Gasteiger charge is -2.10. The quantitative estimate of drug-likeness (QED) is 0.775. The standard InChI is InChI=1S/C11H19NO/c1-4-9-5-6-11(13-9)10(12)7-8(2)3/h5-6,8,10H,4,7,12H2,1-3H3/t10-/m0/s1. The van der Waals surface area contributed by atoms with Crippen LogP contribution in [0, 0.1) is 5.92 Å². The monoisotopic (exact) mass is 181 g/mol. The summed E-state index contributed by atoms with van der Waals surface area (Å²) in [7, 11) is 0. The zero-order chi connectivity index (χ0) is 9.84. The van der Waals surface area contributed by atoms with Crippen LogP contribution in [0.15, 0.2) is 16.5 Å². The molecule has 0 unspecified atom stereocenters. The summed E-state index contributed by atoms with van der Waals surface area (Å²) in [6.45, 7) is 6.42. The van der Waals surface area contributed by atoms with E-state index in [1.807, 2.05) is 12.1 Å². The van der Waals surface area contributed by atoms with E-state index in [-0.39, 0.29) is 6.04 Å². The maximum Gasteiger partial charge on any atom is 0.120 e. The fourth-order valence-electron chi connectivity index (χ4n) is 1.41. The average Bonchev–Trinajstić information content (AvgIpc) is 2.50. The van der Waals surface area contributed by atoms with Gasteiger partial charge in [0.25, 0.3) is 0 Å². The lowest BCUT2D eigenvalue weighted by molar-refractivity contribution is 0.398. The minimum Gasteiger partial charge on any atom is -0.464 e. The molecule has 2 nitrogen and oxygen atoms in total. The molecule has 1 aromatic heterocycles. The Kier molecular flexibility index (Phi) is 3.55. The predicted molar refractivity (Wildman–Crippen MR) is 54.5 cm³/mol. The van der Waals surface area contributed by atoms with Crippen LogP contribution in [0.3, 0.4) is 0 Å². The minimum absolute atomic E-state index is 0.0558. The van der Waals surface area contributed by atoms with Gasteiger partial charge in [-0.25, -0.2) is 0 Å². The van der Waals surface area contributed by atoms with Gasteiger partial charge in [-0.3, -0.25) is 0 Å². The van der Waals surface area contributed by atoms with E-state index in [0.29, 0.717) is 5.92 Å². The van der Waals surface area contributed by atoms with Crippen LogP contribution in [0.2, 0.25) is 0 Å². The molecule has 0 aliphatic carbocycles. The van der Waals surface area contributed by atoms with E-state index in [1.54, 1.807) is 0 Å². The molecular formula is C11H19NO. The fraction of sp³-hybridized carbons (Fsp3) is 0.636. The van der Waals surface area contributed by atoms with Gasteiger partial charge in [0.1, 0.15) is 11.5 Å². The van der Waals surface area contributed by atoms with Crippen molar-refractivity contribution in [3.8, 4) is 0 Å². The molecule has 1 atom stereocenters. The Hall–Kier alpha value is -0.760. The van der Waals surface area contributed by atoms with Gasteiger partial charge >= 0.3 is 0 Å². The Balaban J connectivity index is 2.60. The summed E-state index contributed by atoms with van der Waals surface area (Å²) in [6, 6.07) is 4.06. The van der Waals surface area contributed by atoms with Crippen molar-refractivity contribution >= 4 is 0 Å². The van der Waals surface area contributed by atoms with Gasteiger partial charge in [-0.15, -0.1) is 0 Å². The summed E-state index contributed by atoms with van der Waals surface area (Å²) in [6.07, 6.45) is 1.92. The highest BCUT2D eigenvalue weighted by Gasteiger charge is 2.11. The van der Waals surface area contributed by atoms with E-state index >= 15 is 0 Å². The molecule has 0 amide bonds. The van der Waals surface area contributed by atoms with Gasteiger partial charge in [-0.05, 0) is 24.5 Å². The average molecular weight is 181 g/mol. The van der Waals surface area contributed by atoms with Gasteiger partial charge in [0, 0.05) is 6.42 Å². The van der Waals surface area contributed by atoms with Crippen molar-refractivity contribution in [3.63, 3.8) is 0 Å². The van der Waals surface area contributed by atoms with Gasteiger partial charge in [0.05, 0.1) is 6.04 Å². The first-order chi connectivity index (χ1) is 6.13. The molecule has 0 fully saturated rings. The number of hydrogen-bond donors (Lipinski definition) is 1. The lowest BCUT2D eigenvalue weighted by Crippen LogP contribution is -2.11. The van der Waals surface area contributed by atoms with Crippen molar-refractivity contribution in [1.82, 2.24) is 0 Å². The Morgan fingerprint density at radius 2 is 2.08 bits per heavy atom. The molecular weight excluding hydrogens is 162 g/mol. The fourth-order valence-corrected chi connectivity index (χ4v) is 1.41. The molecule has 0 radical (unpaired) electrons. The molecule has 1 heterocycles. The Labute approximate surface area is 80.1 Å². The Morgan fingerprint density at radius 3 is 2.54 bits per heavy atom. The lowest BCUT2D eigenvalue weighted by atomic mass is 10.0. The molecule has 0 saturated heterocycles. The van der Waals surface area contributed by atoms with Gasteiger partial charge in [-0.1, -0.05) is 20.8 Å². The molecule has 13 heavy (non-hydrogen) atoms. The Bertz CT molecular complexity index is 252. The summed E-state index contributed by atoms with van der Waals surface area (Å²) in [4.78, 5) is 0. The molecule has 0 bridgehead atoms. The summed E-state index contributed by atoms with van der Waals surface area (Å²) in [5.41, 5.74) is 5.97. The van der Waals surface area contributed by atoms with Crippen LogP contribution >= 0.6 is 0 Å². The molecule has 74 valence electrons. The second-order valence-corrected chi connectivity index (χ2v) is 3.89. The molecule has 2 heteroatoms. The van der Waals surface area contributed by atoms with Crippen LogP contribution < -0.4 is 5.73 Å². The third kappa shape index (κ3) is 2.88. The second-order valence-electron chi connectivity index (χ2n) is 3.89. The third-order valence-corrected chi connectivity index (χ3v) is 2.12. The topological polar surface area (TPSA) is 39.2 Å². The van der Waals surface area contributed by atoms with Crippen LogP contribution in [-0.4, -0.2) is 0 Å². The zero-order valence-electron chi connectivity index (χ0n) is 8.71. The highest BCUT2D eigenvalue weighted by molar-refractivity contribution is 5.10. The van der Waals surface area contributed by atoms with Crippen LogP contribution in [0.1, 0.15) is 44.8 Å². The molecule has 0 aliphatic heterocycles. The summed E-state index contributed by atoms with van der Waals surface area (Å²) in [5, 5.41) is 0. The van der Waals surface area contributed by atoms with E-state index in [1.165, 1.54) is 0 Å². The molecule has 0 saturated carbocycles. The van der Waals surface area contributed by atoms with E-state index in [0.717, 1.165) is 24.4 Å². The van der Waals surface area contributed by atoms with Crippen LogP contribution in [0.25, 0.3) is 0 Å². The molecule has 0 aromatic carbocycles. The van der Waals surface area contributed by atoms with Gasteiger partial charge in [-0.2, -0.15) is 0 Å². The Morgan fingerprint density at radius 1 is 1.38 bits per heavy atom. The van der Waals surface area contributed by atoms with Crippen LogP contribution in [-0.2, 0) is 6.42 Å². The van der Waals surface area contributed by atoms with E-state index in [4.69, 9.17) is 10.2 Å². The highest BCUT2D eigenvalue weighted by atomic mass is 16.3. The van der Waals surface area contributed by atoms with Crippen molar-refractivity contribution in [2.24, 2.45) is 11.7 Å². The number of aryl methyl sites for hydroxylation is 1. The molecule has 1 rings (SSSR count). The number of hydrogen-bond acceptors (Lipinski definition) is 2. The number of rotatable bonds is 4. The van der Waals surface area contributed by atoms with E-state index < -0.39 is 0 Å². The SMILES string of the molecule is CCc1ccc([C@@H](N)CC(C)C)o1. The minimum atomic E-state index is 0.0558. The van der Waals surface area contributed by atoms with Gasteiger partial charge in [0.2, 0.25) is 0 Å². The summed E-state index contributed by atoms with van der Waals surface area (Å²) >= 11 is 0. The highest BCUT2D eigenvalue weighted by Crippen LogP contribution is 2.20. The van der Waals surface area contributed by atoms with Crippen molar-refractivity contribution < 1.29 is 4.42 Å². The predicted octanol–water partition coefficient (Wildman–Crippen LogP) is 2.89. The largest absolute Gasteiger partial charge is 0.464 e. The maximum absolute atomic E-state index is 5.97. The van der Waals surface area contributed by atoms with Crippen LogP contribution in [0.5, 0.6) is 0 Å². The second kappa shape index (κ2) is 4.47. The first-order valence-corrected chi connectivity index (χ1v) is 4.97. The molecule has 0 aliphatic rings. The van der Waals surface area contributed by atoms with Crippen LogP contribution in [0.4, 0.5) is 0 Å². The molecule has 1 aromatic rings. The molecule has 0 spiro atoms. The van der Waals surface area contributed by atoms with Crippen molar-refractivity contribution in [3.05, 3.63) is 23.7 Å². The maximum atomic E-state index is 5.97. The normalized spacial score (nSPS) is 13.6.